The molecule has 1 nitrogen and oxygen atoms in total. The average Bonchev–Trinajstić information content (AvgIpc) is 2.84. The van der Waals surface area contributed by atoms with Gasteiger partial charge in [0.05, 0.1) is 0 Å². The maximum absolute atomic E-state index is 3.53. The first-order valence-corrected chi connectivity index (χ1v) is 5.55. The van der Waals surface area contributed by atoms with E-state index in [1.807, 2.05) is 0 Å². The molecular weight excluding hydrogens is 146 g/mol. The van der Waals surface area contributed by atoms with Gasteiger partial charge in [-0.1, -0.05) is 26.2 Å². The zero-order valence-electron chi connectivity index (χ0n) is 8.18. The highest BCUT2D eigenvalue weighted by molar-refractivity contribution is 4.78. The summed E-state index contributed by atoms with van der Waals surface area (Å²) < 4.78 is 0. The molecule has 1 aliphatic carbocycles. The normalized spacial score (nSPS) is 36.8. The number of hydrogen-bond acceptors (Lipinski definition) is 1. The van der Waals surface area contributed by atoms with Crippen LogP contribution < -0.4 is 5.32 Å². The van der Waals surface area contributed by atoms with Gasteiger partial charge in [0.1, 0.15) is 0 Å². The molecule has 0 aromatic rings. The highest BCUT2D eigenvalue weighted by Gasteiger charge is 2.24. The van der Waals surface area contributed by atoms with Crippen molar-refractivity contribution in [1.29, 1.82) is 0 Å². The minimum absolute atomic E-state index is 0.919. The first-order valence-electron chi connectivity index (χ1n) is 5.55. The molecule has 0 aromatic heterocycles. The SMILES string of the molecule is CC1CNCC(CCC2CC2)C1. The molecule has 0 radical (unpaired) electrons. The van der Waals surface area contributed by atoms with Crippen molar-refractivity contribution >= 4 is 0 Å². The molecule has 2 rings (SSSR count). The minimum Gasteiger partial charge on any atom is -0.316 e. The second-order valence-corrected chi connectivity index (χ2v) is 4.89. The maximum Gasteiger partial charge on any atom is -0.00203 e. The van der Waals surface area contributed by atoms with Crippen molar-refractivity contribution in [3.63, 3.8) is 0 Å². The van der Waals surface area contributed by atoms with Crippen LogP contribution in [0.15, 0.2) is 0 Å². The summed E-state index contributed by atoms with van der Waals surface area (Å²) in [4.78, 5) is 0. The Kier molecular flexibility index (Phi) is 2.69. The summed E-state index contributed by atoms with van der Waals surface area (Å²) in [5.74, 6) is 3.04. The fourth-order valence-electron chi connectivity index (χ4n) is 2.37. The standard InChI is InChI=1S/C11H21N/c1-9-6-11(8-12-7-9)5-4-10-2-3-10/h9-12H,2-8H2,1H3. The van der Waals surface area contributed by atoms with Gasteiger partial charge in [0.2, 0.25) is 0 Å². The lowest BCUT2D eigenvalue weighted by molar-refractivity contribution is 0.281. The second kappa shape index (κ2) is 3.78. The number of nitrogens with one attached hydrogen (secondary N) is 1. The Morgan fingerprint density at radius 2 is 1.83 bits per heavy atom. The Labute approximate surface area is 75.9 Å². The van der Waals surface area contributed by atoms with Gasteiger partial charge in [0.15, 0.2) is 0 Å². The van der Waals surface area contributed by atoms with Crippen LogP contribution in [0.4, 0.5) is 0 Å². The molecule has 0 aromatic carbocycles. The molecule has 2 aliphatic rings. The molecule has 2 atom stereocenters. The average molecular weight is 167 g/mol. The van der Waals surface area contributed by atoms with Crippen LogP contribution in [-0.4, -0.2) is 13.1 Å². The lowest BCUT2D eigenvalue weighted by Crippen LogP contribution is -2.34. The smallest absolute Gasteiger partial charge is 0.00203 e. The van der Waals surface area contributed by atoms with Crippen LogP contribution in [0.3, 0.4) is 0 Å². The van der Waals surface area contributed by atoms with Gasteiger partial charge in [-0.05, 0) is 43.7 Å². The molecule has 0 bridgehead atoms. The number of piperidine rings is 1. The summed E-state index contributed by atoms with van der Waals surface area (Å²) in [7, 11) is 0. The van der Waals surface area contributed by atoms with E-state index in [1.165, 1.54) is 45.2 Å². The van der Waals surface area contributed by atoms with Gasteiger partial charge in [-0.15, -0.1) is 0 Å². The molecule has 12 heavy (non-hydrogen) atoms. The summed E-state index contributed by atoms with van der Waals surface area (Å²) in [5.41, 5.74) is 0. The zero-order valence-corrected chi connectivity index (χ0v) is 8.18. The number of rotatable bonds is 3. The molecule has 0 amide bonds. The van der Waals surface area contributed by atoms with Crippen LogP contribution in [0, 0.1) is 17.8 Å². The van der Waals surface area contributed by atoms with Gasteiger partial charge in [0.25, 0.3) is 0 Å². The Morgan fingerprint density at radius 1 is 1.08 bits per heavy atom. The molecule has 2 unspecified atom stereocenters. The predicted molar refractivity (Wildman–Crippen MR) is 52.1 cm³/mol. The topological polar surface area (TPSA) is 12.0 Å². The van der Waals surface area contributed by atoms with Crippen molar-refractivity contribution in [2.75, 3.05) is 13.1 Å². The molecule has 1 heteroatoms. The molecule has 1 saturated heterocycles. The predicted octanol–water partition coefficient (Wildman–Crippen LogP) is 2.42. The van der Waals surface area contributed by atoms with E-state index in [4.69, 9.17) is 0 Å². The quantitative estimate of drug-likeness (QED) is 0.680. The van der Waals surface area contributed by atoms with Crippen molar-refractivity contribution in [2.24, 2.45) is 17.8 Å². The van der Waals surface area contributed by atoms with Crippen LogP contribution in [0.1, 0.15) is 39.0 Å². The summed E-state index contributed by atoms with van der Waals surface area (Å²) in [6.07, 6.45) is 7.52. The van der Waals surface area contributed by atoms with E-state index in [2.05, 4.69) is 12.2 Å². The molecule has 70 valence electrons. The first kappa shape index (κ1) is 8.55. The summed E-state index contributed by atoms with van der Waals surface area (Å²) in [5, 5.41) is 3.53. The van der Waals surface area contributed by atoms with Crippen molar-refractivity contribution in [1.82, 2.24) is 5.32 Å². The summed E-state index contributed by atoms with van der Waals surface area (Å²) in [6, 6.07) is 0. The molecule has 1 N–H and O–H groups in total. The second-order valence-electron chi connectivity index (χ2n) is 4.89. The molecule has 1 aliphatic heterocycles. The lowest BCUT2D eigenvalue weighted by atomic mass is 9.88. The fraction of sp³-hybridized carbons (Fsp3) is 1.00. The molecule has 0 spiro atoms. The Balaban J connectivity index is 1.64. The van der Waals surface area contributed by atoms with Crippen LogP contribution in [0.5, 0.6) is 0 Å². The van der Waals surface area contributed by atoms with Crippen LogP contribution in [0.25, 0.3) is 0 Å². The highest BCUT2D eigenvalue weighted by atomic mass is 14.9. The molecule has 2 fully saturated rings. The van der Waals surface area contributed by atoms with Crippen molar-refractivity contribution in [3.8, 4) is 0 Å². The van der Waals surface area contributed by atoms with Crippen LogP contribution in [-0.2, 0) is 0 Å². The van der Waals surface area contributed by atoms with Crippen LogP contribution >= 0.6 is 0 Å². The molecular formula is C11H21N. The molecule has 1 heterocycles. The van der Waals surface area contributed by atoms with E-state index in [9.17, 15) is 0 Å². The lowest BCUT2D eigenvalue weighted by Gasteiger charge is -2.27. The van der Waals surface area contributed by atoms with Gasteiger partial charge in [-0.2, -0.15) is 0 Å². The molecule has 1 saturated carbocycles. The largest absolute Gasteiger partial charge is 0.316 e. The summed E-state index contributed by atoms with van der Waals surface area (Å²) in [6.45, 7) is 4.91. The van der Waals surface area contributed by atoms with E-state index in [1.54, 1.807) is 0 Å². The van der Waals surface area contributed by atoms with E-state index < -0.39 is 0 Å². The third-order valence-electron chi connectivity index (χ3n) is 3.34. The highest BCUT2D eigenvalue weighted by Crippen LogP contribution is 2.35. The summed E-state index contributed by atoms with van der Waals surface area (Å²) >= 11 is 0. The van der Waals surface area contributed by atoms with Crippen molar-refractivity contribution in [2.45, 2.75) is 39.0 Å². The van der Waals surface area contributed by atoms with Crippen molar-refractivity contribution in [3.05, 3.63) is 0 Å². The van der Waals surface area contributed by atoms with Crippen molar-refractivity contribution < 1.29 is 0 Å². The Hall–Kier alpha value is -0.0400. The van der Waals surface area contributed by atoms with Gasteiger partial charge in [0, 0.05) is 0 Å². The van der Waals surface area contributed by atoms with Crippen LogP contribution in [0.2, 0.25) is 0 Å². The van der Waals surface area contributed by atoms with Gasteiger partial charge in [-0.25, -0.2) is 0 Å². The Morgan fingerprint density at radius 3 is 2.50 bits per heavy atom. The number of hydrogen-bond donors (Lipinski definition) is 1. The van der Waals surface area contributed by atoms with Gasteiger partial charge < -0.3 is 5.32 Å². The minimum atomic E-state index is 0.919. The maximum atomic E-state index is 3.53. The first-order chi connectivity index (χ1) is 5.84. The fourth-order valence-corrected chi connectivity index (χ4v) is 2.37. The van der Waals surface area contributed by atoms with E-state index in [0.717, 1.165) is 17.8 Å². The monoisotopic (exact) mass is 167 g/mol. The third kappa shape index (κ3) is 2.48. The van der Waals surface area contributed by atoms with E-state index >= 15 is 0 Å². The van der Waals surface area contributed by atoms with Gasteiger partial charge in [-0.3, -0.25) is 0 Å². The zero-order chi connectivity index (χ0) is 8.39. The van der Waals surface area contributed by atoms with E-state index in [0.29, 0.717) is 0 Å². The van der Waals surface area contributed by atoms with Gasteiger partial charge >= 0.3 is 0 Å². The third-order valence-corrected chi connectivity index (χ3v) is 3.34. The Bertz CT molecular complexity index is 140. The van der Waals surface area contributed by atoms with E-state index in [-0.39, 0.29) is 0 Å².